The van der Waals surface area contributed by atoms with E-state index in [1.807, 2.05) is 50.2 Å². The van der Waals surface area contributed by atoms with Crippen molar-refractivity contribution in [3.8, 4) is 6.07 Å². The largest absolute Gasteiger partial charge is 0.325 e. The summed E-state index contributed by atoms with van der Waals surface area (Å²) in [5.41, 5.74) is 6.01. The molecular weight excluding hydrogens is 414 g/mol. The van der Waals surface area contributed by atoms with Crippen LogP contribution in [-0.2, 0) is 17.6 Å². The van der Waals surface area contributed by atoms with E-state index in [4.69, 9.17) is 4.98 Å². The highest BCUT2D eigenvalue weighted by atomic mass is 32.2. The molecule has 1 amide bonds. The van der Waals surface area contributed by atoms with Crippen LogP contribution in [0.5, 0.6) is 0 Å². The number of pyridine rings is 1. The van der Waals surface area contributed by atoms with E-state index in [9.17, 15) is 10.1 Å². The summed E-state index contributed by atoms with van der Waals surface area (Å²) in [5.74, 6) is 0.398. The quantitative estimate of drug-likeness (QED) is 0.473. The number of hydrogen-bond donors (Lipinski definition) is 1. The molecule has 1 heterocycles. The van der Waals surface area contributed by atoms with Crippen LogP contribution in [0.4, 0.5) is 5.69 Å². The number of nitriles is 1. The fourth-order valence-corrected chi connectivity index (χ4v) is 5.22. The molecule has 0 bridgehead atoms. The zero-order valence-corrected chi connectivity index (χ0v) is 19.3. The van der Waals surface area contributed by atoms with Gasteiger partial charge < -0.3 is 5.32 Å². The molecule has 1 N–H and O–H groups in total. The van der Waals surface area contributed by atoms with Gasteiger partial charge in [0.05, 0.1) is 10.8 Å². The van der Waals surface area contributed by atoms with Crippen LogP contribution in [0.1, 0.15) is 53.6 Å². The molecule has 0 spiro atoms. The molecule has 2 aromatic carbocycles. The monoisotopic (exact) mass is 441 g/mol. The van der Waals surface area contributed by atoms with Gasteiger partial charge in [0, 0.05) is 11.4 Å². The van der Waals surface area contributed by atoms with Crippen LogP contribution in [0.25, 0.3) is 0 Å². The Morgan fingerprint density at radius 1 is 1.22 bits per heavy atom. The number of hydrogen-bond acceptors (Lipinski definition) is 4. The summed E-state index contributed by atoms with van der Waals surface area (Å²) in [6.07, 6.45) is 3.49. The van der Waals surface area contributed by atoms with E-state index in [0.29, 0.717) is 22.9 Å². The van der Waals surface area contributed by atoms with Gasteiger partial charge in [0.1, 0.15) is 11.1 Å². The predicted molar refractivity (Wildman–Crippen MR) is 130 cm³/mol. The Morgan fingerprint density at radius 3 is 2.75 bits per heavy atom. The van der Waals surface area contributed by atoms with Gasteiger partial charge in [-0.2, -0.15) is 5.26 Å². The molecule has 1 aromatic heterocycles. The molecule has 0 fully saturated rings. The second-order valence-corrected chi connectivity index (χ2v) is 9.47. The summed E-state index contributed by atoms with van der Waals surface area (Å²) in [6, 6.07) is 22.6. The summed E-state index contributed by atoms with van der Waals surface area (Å²) in [5, 5.41) is 13.1. The van der Waals surface area contributed by atoms with Gasteiger partial charge in [-0.25, -0.2) is 4.98 Å². The molecule has 4 rings (SSSR count). The molecule has 0 radical (unpaired) electrons. The summed E-state index contributed by atoms with van der Waals surface area (Å²) in [4.78, 5) is 17.8. The van der Waals surface area contributed by atoms with Crippen LogP contribution in [0, 0.1) is 18.3 Å². The Morgan fingerprint density at radius 2 is 2.03 bits per heavy atom. The van der Waals surface area contributed by atoms with E-state index in [-0.39, 0.29) is 11.2 Å². The third-order valence-corrected chi connectivity index (χ3v) is 7.31. The smallest absolute Gasteiger partial charge is 0.237 e. The number of thioether (sulfide) groups is 1. The number of amides is 1. The van der Waals surface area contributed by atoms with Crippen LogP contribution < -0.4 is 5.32 Å². The first-order valence-corrected chi connectivity index (χ1v) is 12.0. The highest BCUT2D eigenvalue weighted by Gasteiger charge is 2.25. The molecule has 1 aliphatic carbocycles. The molecule has 4 nitrogen and oxygen atoms in total. The third-order valence-electron chi connectivity index (χ3n) is 5.95. The summed E-state index contributed by atoms with van der Waals surface area (Å²) >= 11 is 1.40. The van der Waals surface area contributed by atoms with Gasteiger partial charge in [-0.05, 0) is 73.4 Å². The lowest BCUT2D eigenvalue weighted by Gasteiger charge is -2.25. The fraction of sp³-hybridized carbons (Fsp3) is 0.296. The molecule has 0 saturated heterocycles. The highest BCUT2D eigenvalue weighted by molar-refractivity contribution is 8.00. The minimum Gasteiger partial charge on any atom is -0.325 e. The molecular formula is C27H27N3OS. The standard InChI is InChI=1S/C27H27N3OS/c1-3-25(26(31)29-23-11-7-8-18(2)14-23)32-27-22(17-28)16-21-15-20(12-13-24(21)30-27)19-9-5-4-6-10-19/h4-11,14,16,20,25H,3,12-13,15H2,1-2H3,(H,29,31). The van der Waals surface area contributed by atoms with Crippen molar-refractivity contribution in [1.82, 2.24) is 4.98 Å². The van der Waals surface area contributed by atoms with Crippen molar-refractivity contribution < 1.29 is 4.79 Å². The fourth-order valence-electron chi connectivity index (χ4n) is 4.23. The van der Waals surface area contributed by atoms with Gasteiger partial charge in [0.25, 0.3) is 0 Å². The minimum absolute atomic E-state index is 0.0596. The van der Waals surface area contributed by atoms with Crippen molar-refractivity contribution in [3.63, 3.8) is 0 Å². The average molecular weight is 442 g/mol. The Hall–Kier alpha value is -3.10. The maximum absolute atomic E-state index is 12.9. The number of benzene rings is 2. The molecule has 0 aliphatic heterocycles. The third kappa shape index (κ3) is 5.03. The lowest BCUT2D eigenvalue weighted by molar-refractivity contribution is -0.115. The number of rotatable bonds is 6. The molecule has 32 heavy (non-hydrogen) atoms. The van der Waals surface area contributed by atoms with Crippen molar-refractivity contribution in [3.05, 3.63) is 88.6 Å². The van der Waals surface area contributed by atoms with Gasteiger partial charge in [0.15, 0.2) is 0 Å². The first-order chi connectivity index (χ1) is 15.6. The summed E-state index contributed by atoms with van der Waals surface area (Å²) in [6.45, 7) is 3.99. The van der Waals surface area contributed by atoms with Crippen LogP contribution in [0.2, 0.25) is 0 Å². The Kier molecular flexibility index (Phi) is 6.92. The number of nitrogens with zero attached hydrogens (tertiary/aromatic N) is 2. The van der Waals surface area contributed by atoms with Crippen LogP contribution >= 0.6 is 11.8 Å². The molecule has 2 atom stereocenters. The van der Waals surface area contributed by atoms with Crippen molar-refractivity contribution in [2.24, 2.45) is 0 Å². The van der Waals surface area contributed by atoms with E-state index in [1.165, 1.54) is 17.3 Å². The average Bonchev–Trinajstić information content (AvgIpc) is 2.82. The number of carbonyl (C=O) groups excluding carboxylic acids is 1. The molecule has 1 aliphatic rings. The number of aryl methyl sites for hydroxylation is 2. The molecule has 5 heteroatoms. The van der Waals surface area contributed by atoms with Gasteiger partial charge in [-0.15, -0.1) is 0 Å². The summed E-state index contributed by atoms with van der Waals surface area (Å²) in [7, 11) is 0. The molecule has 2 unspecified atom stereocenters. The van der Waals surface area contributed by atoms with E-state index in [1.54, 1.807) is 0 Å². The zero-order valence-electron chi connectivity index (χ0n) is 18.5. The maximum atomic E-state index is 12.9. The minimum atomic E-state index is -0.311. The van der Waals surface area contributed by atoms with Gasteiger partial charge in [0.2, 0.25) is 5.91 Å². The van der Waals surface area contributed by atoms with Crippen LogP contribution in [-0.4, -0.2) is 16.1 Å². The van der Waals surface area contributed by atoms with Crippen LogP contribution in [0.15, 0.2) is 65.7 Å². The topological polar surface area (TPSA) is 65.8 Å². The van der Waals surface area contributed by atoms with Crippen molar-refractivity contribution in [2.75, 3.05) is 5.32 Å². The Balaban J connectivity index is 1.52. The van der Waals surface area contributed by atoms with Gasteiger partial charge in [-0.1, -0.05) is 61.2 Å². The zero-order chi connectivity index (χ0) is 22.5. The second kappa shape index (κ2) is 10.0. The first-order valence-electron chi connectivity index (χ1n) is 11.1. The SMILES string of the molecule is CCC(Sc1nc2c(cc1C#N)CC(c1ccccc1)CC2)C(=O)Nc1cccc(C)c1. The first kappa shape index (κ1) is 22.1. The van der Waals surface area contributed by atoms with Gasteiger partial charge >= 0.3 is 0 Å². The van der Waals surface area contributed by atoms with Crippen molar-refractivity contribution >= 4 is 23.4 Å². The van der Waals surface area contributed by atoms with Crippen LogP contribution in [0.3, 0.4) is 0 Å². The number of nitrogens with one attached hydrogen (secondary N) is 1. The summed E-state index contributed by atoms with van der Waals surface area (Å²) < 4.78 is 0. The number of carbonyl (C=O) groups is 1. The lowest BCUT2D eigenvalue weighted by Crippen LogP contribution is -2.25. The Labute approximate surface area is 194 Å². The van der Waals surface area contributed by atoms with Crippen molar-refractivity contribution in [1.29, 1.82) is 5.26 Å². The van der Waals surface area contributed by atoms with Crippen molar-refractivity contribution in [2.45, 2.75) is 55.7 Å². The number of anilines is 1. The highest BCUT2D eigenvalue weighted by Crippen LogP contribution is 2.35. The molecule has 162 valence electrons. The Bertz CT molecular complexity index is 1150. The second-order valence-electron chi connectivity index (χ2n) is 8.28. The molecule has 0 saturated carbocycles. The molecule has 3 aromatic rings. The maximum Gasteiger partial charge on any atom is 0.237 e. The van der Waals surface area contributed by atoms with E-state index >= 15 is 0 Å². The number of aromatic nitrogens is 1. The van der Waals surface area contributed by atoms with E-state index < -0.39 is 0 Å². The van der Waals surface area contributed by atoms with Gasteiger partial charge in [-0.3, -0.25) is 4.79 Å². The number of fused-ring (bicyclic) bond motifs is 1. The predicted octanol–water partition coefficient (Wildman–Crippen LogP) is 6.04. The van der Waals surface area contributed by atoms with E-state index in [0.717, 1.165) is 41.8 Å². The normalized spacial score (nSPS) is 16.0. The van der Waals surface area contributed by atoms with E-state index in [2.05, 4.69) is 35.7 Å². The lowest BCUT2D eigenvalue weighted by atomic mass is 9.82.